The van der Waals surface area contributed by atoms with Gasteiger partial charge in [-0.05, 0) is 28.9 Å². The summed E-state index contributed by atoms with van der Waals surface area (Å²) in [7, 11) is 0. The van der Waals surface area contributed by atoms with E-state index in [1.165, 1.54) is 9.35 Å². The van der Waals surface area contributed by atoms with Gasteiger partial charge in [-0.3, -0.25) is 4.90 Å². The van der Waals surface area contributed by atoms with Crippen LogP contribution in [0.5, 0.6) is 0 Å². The topological polar surface area (TPSA) is 29.3 Å². The molecule has 0 saturated carbocycles. The zero-order chi connectivity index (χ0) is 9.42. The Hall–Kier alpha value is 0.1000. The van der Waals surface area contributed by atoms with Crippen molar-refractivity contribution in [3.63, 3.8) is 0 Å². The fourth-order valence-corrected chi connectivity index (χ4v) is 3.13. The van der Waals surface area contributed by atoms with E-state index in [9.17, 15) is 0 Å². The Balaban J connectivity index is 2.01. The molecule has 0 aromatic carbocycles. The number of rotatable bonds is 2. The summed E-state index contributed by atoms with van der Waals surface area (Å²) in [6.07, 6.45) is 0. The molecule has 72 valence electrons. The molecule has 0 aliphatic carbocycles. The van der Waals surface area contributed by atoms with Gasteiger partial charge in [-0.2, -0.15) is 0 Å². The molecule has 1 aliphatic rings. The van der Waals surface area contributed by atoms with Crippen molar-refractivity contribution >= 4 is 27.3 Å². The van der Waals surface area contributed by atoms with Crippen LogP contribution >= 0.6 is 27.3 Å². The Morgan fingerprint density at radius 1 is 1.69 bits per heavy atom. The minimum absolute atomic E-state index is 0.394. The molecule has 1 atom stereocenters. The Bertz CT molecular complexity index is 294. The average Bonchev–Trinajstić information content (AvgIpc) is 2.45. The van der Waals surface area contributed by atoms with Gasteiger partial charge in [0.2, 0.25) is 0 Å². The van der Waals surface area contributed by atoms with E-state index in [-0.39, 0.29) is 0 Å². The highest BCUT2D eigenvalue weighted by Gasteiger charge is 2.28. The highest BCUT2D eigenvalue weighted by molar-refractivity contribution is 9.10. The Kier molecular flexibility index (Phi) is 2.74. The summed E-state index contributed by atoms with van der Waals surface area (Å²) in [5, 5.41) is 2.13. The second kappa shape index (κ2) is 3.69. The van der Waals surface area contributed by atoms with Gasteiger partial charge in [0.15, 0.2) is 0 Å². The second-order valence-electron chi connectivity index (χ2n) is 3.56. The molecule has 1 aliphatic heterocycles. The van der Waals surface area contributed by atoms with E-state index >= 15 is 0 Å². The quantitative estimate of drug-likeness (QED) is 0.884. The number of halogens is 1. The molecule has 0 amide bonds. The van der Waals surface area contributed by atoms with Crippen molar-refractivity contribution in [1.29, 1.82) is 0 Å². The van der Waals surface area contributed by atoms with Crippen molar-refractivity contribution in [2.45, 2.75) is 19.0 Å². The normalized spacial score (nSPS) is 21.5. The lowest BCUT2D eigenvalue weighted by Crippen LogP contribution is -2.56. The Labute approximate surface area is 90.9 Å². The fraction of sp³-hybridized carbons (Fsp3) is 0.556. The van der Waals surface area contributed by atoms with Gasteiger partial charge in [0.1, 0.15) is 0 Å². The summed E-state index contributed by atoms with van der Waals surface area (Å²) in [6, 6.07) is 3.11. The van der Waals surface area contributed by atoms with Gasteiger partial charge in [0.25, 0.3) is 0 Å². The first-order valence-electron chi connectivity index (χ1n) is 4.40. The van der Waals surface area contributed by atoms with Crippen LogP contribution in [0, 0.1) is 0 Å². The van der Waals surface area contributed by atoms with Crippen LogP contribution in [0.1, 0.15) is 17.8 Å². The lowest BCUT2D eigenvalue weighted by Gasteiger charge is -2.40. The van der Waals surface area contributed by atoms with Crippen molar-refractivity contribution < 1.29 is 0 Å². The first-order chi connectivity index (χ1) is 6.16. The molecular weight excluding hydrogens is 248 g/mol. The monoisotopic (exact) mass is 260 g/mol. The van der Waals surface area contributed by atoms with Crippen LogP contribution in [0.25, 0.3) is 0 Å². The summed E-state index contributed by atoms with van der Waals surface area (Å²) in [4.78, 5) is 3.82. The maximum atomic E-state index is 5.74. The average molecular weight is 261 g/mol. The van der Waals surface area contributed by atoms with Gasteiger partial charge >= 0.3 is 0 Å². The van der Waals surface area contributed by atoms with Crippen LogP contribution in [0.4, 0.5) is 0 Å². The van der Waals surface area contributed by atoms with E-state index in [2.05, 4.69) is 39.2 Å². The standard InChI is InChI=1S/C9H13BrN2S/c1-6(12-3-8(11)4-12)9-2-7(10)5-13-9/h2,5-6,8H,3-4,11H2,1H3. The third-order valence-electron chi connectivity index (χ3n) is 2.49. The first-order valence-corrected chi connectivity index (χ1v) is 6.07. The van der Waals surface area contributed by atoms with Crippen molar-refractivity contribution in [1.82, 2.24) is 4.90 Å². The van der Waals surface area contributed by atoms with Gasteiger partial charge in [0, 0.05) is 39.9 Å². The van der Waals surface area contributed by atoms with Gasteiger partial charge in [-0.15, -0.1) is 11.3 Å². The summed E-state index contributed by atoms with van der Waals surface area (Å²) in [5.41, 5.74) is 5.74. The highest BCUT2D eigenvalue weighted by atomic mass is 79.9. The first kappa shape index (κ1) is 9.65. The lowest BCUT2D eigenvalue weighted by molar-refractivity contribution is 0.105. The van der Waals surface area contributed by atoms with Gasteiger partial charge in [-0.25, -0.2) is 0 Å². The number of thiophene rings is 1. The molecule has 13 heavy (non-hydrogen) atoms. The summed E-state index contributed by atoms with van der Waals surface area (Å²) >= 11 is 5.28. The fourth-order valence-electron chi connectivity index (χ4n) is 1.59. The molecule has 2 N–H and O–H groups in total. The number of likely N-dealkylation sites (tertiary alicyclic amines) is 1. The molecule has 1 fully saturated rings. The van der Waals surface area contributed by atoms with Crippen LogP contribution < -0.4 is 5.73 Å². The molecule has 1 unspecified atom stereocenters. The van der Waals surface area contributed by atoms with Crippen LogP contribution in [0.2, 0.25) is 0 Å². The van der Waals surface area contributed by atoms with Crippen molar-refractivity contribution in [2.75, 3.05) is 13.1 Å². The Morgan fingerprint density at radius 3 is 2.85 bits per heavy atom. The number of hydrogen-bond acceptors (Lipinski definition) is 3. The van der Waals surface area contributed by atoms with E-state index in [0.717, 1.165) is 13.1 Å². The van der Waals surface area contributed by atoms with Gasteiger partial charge in [-0.1, -0.05) is 0 Å². The lowest BCUT2D eigenvalue weighted by atomic mass is 10.1. The second-order valence-corrected chi connectivity index (χ2v) is 5.42. The van der Waals surface area contributed by atoms with Crippen LogP contribution in [-0.4, -0.2) is 24.0 Å². The van der Waals surface area contributed by atoms with Gasteiger partial charge in [0.05, 0.1) is 0 Å². The highest BCUT2D eigenvalue weighted by Crippen LogP contribution is 2.31. The van der Waals surface area contributed by atoms with Crippen molar-refractivity contribution in [2.24, 2.45) is 5.73 Å². The molecule has 1 aromatic rings. The van der Waals surface area contributed by atoms with E-state index < -0.39 is 0 Å². The molecule has 1 saturated heterocycles. The Morgan fingerprint density at radius 2 is 2.38 bits per heavy atom. The van der Waals surface area contributed by atoms with Gasteiger partial charge < -0.3 is 5.73 Å². The minimum Gasteiger partial charge on any atom is -0.325 e. The third kappa shape index (κ3) is 1.96. The maximum absolute atomic E-state index is 5.74. The van der Waals surface area contributed by atoms with E-state index in [1.807, 2.05) is 11.3 Å². The van der Waals surface area contributed by atoms with Crippen LogP contribution in [-0.2, 0) is 0 Å². The third-order valence-corrected chi connectivity index (χ3v) is 4.35. The predicted molar refractivity (Wildman–Crippen MR) is 60.0 cm³/mol. The molecule has 1 aromatic heterocycles. The molecule has 2 nitrogen and oxygen atoms in total. The molecule has 2 rings (SSSR count). The number of nitrogens with two attached hydrogens (primary N) is 1. The van der Waals surface area contributed by atoms with Crippen molar-refractivity contribution in [3.05, 3.63) is 20.8 Å². The maximum Gasteiger partial charge on any atom is 0.0415 e. The molecule has 2 heterocycles. The predicted octanol–water partition coefficient (Wildman–Crippen LogP) is 2.21. The molecule has 0 bridgehead atoms. The van der Waals surface area contributed by atoms with E-state index in [4.69, 9.17) is 5.73 Å². The largest absolute Gasteiger partial charge is 0.325 e. The molecular formula is C9H13BrN2S. The zero-order valence-corrected chi connectivity index (χ0v) is 9.94. The zero-order valence-electron chi connectivity index (χ0n) is 7.53. The summed E-state index contributed by atoms with van der Waals surface area (Å²) in [6.45, 7) is 4.32. The summed E-state index contributed by atoms with van der Waals surface area (Å²) in [5.74, 6) is 0. The molecule has 0 spiro atoms. The number of hydrogen-bond donors (Lipinski definition) is 1. The van der Waals surface area contributed by atoms with E-state index in [1.54, 1.807) is 0 Å². The number of nitrogens with zero attached hydrogens (tertiary/aromatic N) is 1. The smallest absolute Gasteiger partial charge is 0.0415 e. The van der Waals surface area contributed by atoms with Crippen LogP contribution in [0.15, 0.2) is 15.9 Å². The minimum atomic E-state index is 0.394. The molecule has 4 heteroatoms. The molecule has 0 radical (unpaired) electrons. The van der Waals surface area contributed by atoms with E-state index in [0.29, 0.717) is 12.1 Å². The SMILES string of the molecule is CC(c1cc(Br)cs1)N1CC(N)C1. The van der Waals surface area contributed by atoms with Crippen LogP contribution in [0.3, 0.4) is 0 Å². The summed E-state index contributed by atoms with van der Waals surface area (Å²) < 4.78 is 1.18. The van der Waals surface area contributed by atoms with Crippen molar-refractivity contribution in [3.8, 4) is 0 Å².